The van der Waals surface area contributed by atoms with E-state index in [1.807, 2.05) is 0 Å². The Bertz CT molecular complexity index is 1080. The van der Waals surface area contributed by atoms with Crippen molar-refractivity contribution in [2.75, 3.05) is 0 Å². The van der Waals surface area contributed by atoms with E-state index in [0.717, 1.165) is 37.7 Å². The normalized spacial score (nSPS) is 19.6. The number of nitrogens with one attached hydrogen (secondary N) is 2. The largest absolute Gasteiger partial charge is 0.494 e. The van der Waals surface area contributed by atoms with Crippen LogP contribution >= 0.6 is 0 Å². The number of aromatic hydroxyl groups is 1. The molecule has 2 aliphatic rings. The van der Waals surface area contributed by atoms with Crippen molar-refractivity contribution in [3.8, 4) is 5.88 Å². The van der Waals surface area contributed by atoms with Crippen molar-refractivity contribution in [3.05, 3.63) is 66.3 Å². The maximum absolute atomic E-state index is 12.4. The summed E-state index contributed by atoms with van der Waals surface area (Å²) in [6.45, 7) is 0. The van der Waals surface area contributed by atoms with Crippen molar-refractivity contribution < 1.29 is 10.0 Å². The molecule has 0 radical (unpaired) electrons. The number of H-pyrrole nitrogens is 1. The molecule has 2 aromatic rings. The number of benzene rings is 1. The fourth-order valence-electron chi connectivity index (χ4n) is 4.10. The summed E-state index contributed by atoms with van der Waals surface area (Å²) >= 11 is 0. The summed E-state index contributed by atoms with van der Waals surface area (Å²) < 4.78 is 1.28. The number of aromatic nitrogens is 2. The number of non-ortho nitro benzene ring substituents is 1. The summed E-state index contributed by atoms with van der Waals surface area (Å²) in [6.07, 6.45) is 4.88. The number of nitro benzene ring substituents is 1. The molecule has 3 N–H and O–H groups in total. The van der Waals surface area contributed by atoms with Gasteiger partial charge in [0.15, 0.2) is 0 Å². The zero-order chi connectivity index (χ0) is 20.5. The maximum atomic E-state index is 12.4. The van der Waals surface area contributed by atoms with Gasteiger partial charge in [-0.25, -0.2) is 4.79 Å². The Balaban J connectivity index is 1.63. The number of nitrogens with zero attached hydrogens (tertiary/aromatic N) is 3. The molecule has 1 aromatic heterocycles. The van der Waals surface area contributed by atoms with Crippen molar-refractivity contribution in [2.45, 2.75) is 50.6 Å². The van der Waals surface area contributed by atoms with Crippen molar-refractivity contribution in [2.24, 2.45) is 5.10 Å². The average Bonchev–Trinajstić information content (AvgIpc) is 3.18. The lowest BCUT2D eigenvalue weighted by Gasteiger charge is -2.25. The van der Waals surface area contributed by atoms with Crippen molar-refractivity contribution in [1.29, 1.82) is 0 Å². The first-order valence-corrected chi connectivity index (χ1v) is 9.60. The second-order valence-corrected chi connectivity index (χ2v) is 7.41. The summed E-state index contributed by atoms with van der Waals surface area (Å²) in [5, 5.41) is 25.8. The van der Waals surface area contributed by atoms with E-state index in [4.69, 9.17) is 0 Å². The second-order valence-electron chi connectivity index (χ2n) is 7.41. The van der Waals surface area contributed by atoms with Crippen LogP contribution in [-0.4, -0.2) is 25.3 Å². The molecule has 1 saturated carbocycles. The molecule has 152 valence electrons. The maximum Gasteiger partial charge on any atom is 0.331 e. The zero-order valence-electron chi connectivity index (χ0n) is 15.6. The molecule has 1 unspecified atom stereocenters. The molecule has 1 atom stereocenters. The molecular formula is C19H21N5O5. The van der Waals surface area contributed by atoms with E-state index in [9.17, 15) is 24.8 Å². The molecule has 0 amide bonds. The Morgan fingerprint density at radius 1 is 1.14 bits per heavy atom. The molecule has 0 saturated heterocycles. The number of nitro groups is 1. The number of hydrazone groups is 1. The van der Waals surface area contributed by atoms with E-state index >= 15 is 0 Å². The summed E-state index contributed by atoms with van der Waals surface area (Å²) in [7, 11) is 0. The van der Waals surface area contributed by atoms with E-state index in [0.29, 0.717) is 12.1 Å². The third-order valence-corrected chi connectivity index (χ3v) is 5.61. The first-order chi connectivity index (χ1) is 14.0. The molecule has 10 heteroatoms. The highest BCUT2D eigenvalue weighted by atomic mass is 16.6. The van der Waals surface area contributed by atoms with E-state index < -0.39 is 16.2 Å². The summed E-state index contributed by atoms with van der Waals surface area (Å²) in [5.41, 5.74) is 2.71. The monoisotopic (exact) mass is 399 g/mol. The van der Waals surface area contributed by atoms with Gasteiger partial charge in [0, 0.05) is 24.6 Å². The van der Waals surface area contributed by atoms with Crippen LogP contribution in [0.25, 0.3) is 0 Å². The Morgan fingerprint density at radius 2 is 1.83 bits per heavy atom. The molecule has 0 spiro atoms. The van der Waals surface area contributed by atoms with Crippen LogP contribution in [0.1, 0.15) is 61.7 Å². The lowest BCUT2D eigenvalue weighted by Crippen LogP contribution is -2.36. The summed E-state index contributed by atoms with van der Waals surface area (Å²) in [5.74, 6) is -0.351. The first-order valence-electron chi connectivity index (χ1n) is 9.60. The first kappa shape index (κ1) is 18.9. The van der Waals surface area contributed by atoms with Gasteiger partial charge in [-0.3, -0.25) is 24.5 Å². The van der Waals surface area contributed by atoms with E-state index in [-0.39, 0.29) is 29.2 Å². The minimum absolute atomic E-state index is 0.00733. The third-order valence-electron chi connectivity index (χ3n) is 5.61. The number of aromatic amines is 1. The highest BCUT2D eigenvalue weighted by molar-refractivity contribution is 6.03. The van der Waals surface area contributed by atoms with Gasteiger partial charge >= 0.3 is 5.69 Å². The van der Waals surface area contributed by atoms with Crippen LogP contribution < -0.4 is 16.7 Å². The number of hydrogen-bond acceptors (Lipinski definition) is 7. The SMILES string of the molecule is O=c1[nH]c(=O)n(C2CCCCC2)c(O)c1C1=NNC(c2ccc([N+](=O)[O-])cc2)C1. The fraction of sp³-hybridized carbons (Fsp3) is 0.421. The Morgan fingerprint density at radius 3 is 2.48 bits per heavy atom. The molecule has 1 fully saturated rings. The number of hydrogen-bond donors (Lipinski definition) is 3. The quantitative estimate of drug-likeness (QED) is 0.531. The number of rotatable bonds is 4. The standard InChI is InChI=1S/C19H21N5O5/c25-17-16(18(26)23(19(27)20-17)12-4-2-1-3-5-12)15-10-14(21-22-15)11-6-8-13(9-7-11)24(28)29/h6-9,12,14,21,26H,1-5,10H2,(H,20,25,27). The van der Waals surface area contributed by atoms with Crippen LogP contribution in [0.3, 0.4) is 0 Å². The van der Waals surface area contributed by atoms with E-state index in [1.54, 1.807) is 12.1 Å². The van der Waals surface area contributed by atoms with E-state index in [1.165, 1.54) is 16.7 Å². The topological polar surface area (TPSA) is 143 Å². The average molecular weight is 399 g/mol. The van der Waals surface area contributed by atoms with Crippen molar-refractivity contribution in [3.63, 3.8) is 0 Å². The van der Waals surface area contributed by atoms with Gasteiger partial charge in [-0.05, 0) is 18.4 Å². The van der Waals surface area contributed by atoms with Crippen molar-refractivity contribution in [1.82, 2.24) is 15.0 Å². The van der Waals surface area contributed by atoms with Crippen LogP contribution in [0.15, 0.2) is 39.0 Å². The van der Waals surface area contributed by atoms with Crippen LogP contribution in [0.5, 0.6) is 5.88 Å². The summed E-state index contributed by atoms with van der Waals surface area (Å²) in [6, 6.07) is 5.63. The Kier molecular flexibility index (Phi) is 4.91. The fourth-order valence-corrected chi connectivity index (χ4v) is 4.10. The predicted molar refractivity (Wildman–Crippen MR) is 105 cm³/mol. The van der Waals surface area contributed by atoms with Crippen LogP contribution in [0.2, 0.25) is 0 Å². The second kappa shape index (κ2) is 7.53. The molecular weight excluding hydrogens is 378 g/mol. The highest BCUT2D eigenvalue weighted by Crippen LogP contribution is 2.32. The molecule has 4 rings (SSSR count). The summed E-state index contributed by atoms with van der Waals surface area (Å²) in [4.78, 5) is 37.4. The lowest BCUT2D eigenvalue weighted by atomic mass is 9.95. The van der Waals surface area contributed by atoms with Gasteiger partial charge < -0.3 is 10.5 Å². The molecule has 1 aromatic carbocycles. The van der Waals surface area contributed by atoms with Gasteiger partial charge in [0.1, 0.15) is 5.56 Å². The van der Waals surface area contributed by atoms with E-state index in [2.05, 4.69) is 15.5 Å². The third kappa shape index (κ3) is 3.53. The van der Waals surface area contributed by atoms with Gasteiger partial charge in [-0.15, -0.1) is 0 Å². The Labute approximate surface area is 165 Å². The lowest BCUT2D eigenvalue weighted by molar-refractivity contribution is -0.384. The van der Waals surface area contributed by atoms with Crippen LogP contribution in [-0.2, 0) is 0 Å². The van der Waals surface area contributed by atoms with Gasteiger partial charge in [0.25, 0.3) is 11.2 Å². The molecule has 0 bridgehead atoms. The zero-order valence-corrected chi connectivity index (χ0v) is 15.6. The minimum Gasteiger partial charge on any atom is -0.494 e. The molecule has 2 heterocycles. The smallest absolute Gasteiger partial charge is 0.331 e. The van der Waals surface area contributed by atoms with Crippen LogP contribution in [0.4, 0.5) is 5.69 Å². The Hall–Kier alpha value is -3.43. The molecule has 1 aliphatic heterocycles. The van der Waals surface area contributed by atoms with Gasteiger partial charge in [-0.1, -0.05) is 31.4 Å². The minimum atomic E-state index is -0.676. The van der Waals surface area contributed by atoms with Gasteiger partial charge in [0.2, 0.25) is 5.88 Å². The highest BCUT2D eigenvalue weighted by Gasteiger charge is 2.29. The molecule has 1 aliphatic carbocycles. The molecule has 29 heavy (non-hydrogen) atoms. The van der Waals surface area contributed by atoms with Crippen molar-refractivity contribution >= 4 is 11.4 Å². The van der Waals surface area contributed by atoms with Gasteiger partial charge in [0.05, 0.1) is 16.7 Å². The van der Waals surface area contributed by atoms with Gasteiger partial charge in [-0.2, -0.15) is 5.10 Å². The van der Waals surface area contributed by atoms with Crippen LogP contribution in [0, 0.1) is 10.1 Å². The predicted octanol–water partition coefficient (Wildman–Crippen LogP) is 2.09. The molecule has 10 nitrogen and oxygen atoms in total.